The average Bonchev–Trinajstić information content (AvgIpc) is 0.874. The van der Waals surface area contributed by atoms with Gasteiger partial charge in [0.25, 0.3) is 23.6 Å². The van der Waals surface area contributed by atoms with Crippen LogP contribution in [0.3, 0.4) is 0 Å². The van der Waals surface area contributed by atoms with Gasteiger partial charge in [-0.1, -0.05) is 49.6 Å². The first-order chi connectivity index (χ1) is 44.8. The molecule has 8 amide bonds. The molecule has 0 aliphatic carbocycles. The Morgan fingerprint density at radius 3 is 0.978 bits per heavy atom. The van der Waals surface area contributed by atoms with Gasteiger partial charge in [0.15, 0.2) is 0 Å². The summed E-state index contributed by atoms with van der Waals surface area (Å²) in [6.45, 7) is 1.48. The molecule has 502 valence electrons. The number of rotatable bonds is 40. The molecule has 0 bridgehead atoms. The third-order valence-corrected chi connectivity index (χ3v) is 15.0. The predicted molar refractivity (Wildman–Crippen MR) is 354 cm³/mol. The number of hydrogen-bond donors (Lipinski definition) is 14. The van der Waals surface area contributed by atoms with Gasteiger partial charge in [0, 0.05) is 29.2 Å². The lowest BCUT2D eigenvalue weighted by Crippen LogP contribution is -2.44. The molecule has 19 N–H and O–H groups in total. The van der Waals surface area contributed by atoms with Crippen LogP contribution in [0.1, 0.15) is 130 Å². The molecule has 93 heavy (non-hydrogen) atoms. The molecule has 5 aromatic carbocycles. The summed E-state index contributed by atoms with van der Waals surface area (Å²) in [4.78, 5) is 124. The maximum absolute atomic E-state index is 14.4. The van der Waals surface area contributed by atoms with Crippen LogP contribution in [0.15, 0.2) is 103 Å². The second kappa shape index (κ2) is 38.9. The lowest BCUT2D eigenvalue weighted by molar-refractivity contribution is -0.139. The second-order valence-corrected chi connectivity index (χ2v) is 21.8. The Kier molecular flexibility index (Phi) is 31.0. The molecule has 0 saturated carbocycles. The summed E-state index contributed by atoms with van der Waals surface area (Å²) in [5.74, 6) is -6.22. The van der Waals surface area contributed by atoms with Crippen molar-refractivity contribution in [1.82, 2.24) is 21.3 Å². The Bertz CT molecular complexity index is 3340. The number of ether oxygens (including phenoxy) is 4. The van der Waals surface area contributed by atoms with Gasteiger partial charge in [0.2, 0.25) is 23.6 Å². The highest BCUT2D eigenvalue weighted by molar-refractivity contribution is 6.08. The van der Waals surface area contributed by atoms with Gasteiger partial charge in [-0.15, -0.1) is 0 Å². The summed E-state index contributed by atoms with van der Waals surface area (Å²) in [6.07, 6.45) is 5.86. The minimum atomic E-state index is -1.30. The van der Waals surface area contributed by atoms with E-state index in [-0.39, 0.29) is 93.7 Å². The first-order valence-electron chi connectivity index (χ1n) is 30.8. The minimum Gasteiger partial charge on any atom is -0.496 e. The van der Waals surface area contributed by atoms with Gasteiger partial charge in [-0.2, -0.15) is 0 Å². The van der Waals surface area contributed by atoms with E-state index in [2.05, 4.69) is 42.5 Å². The molecule has 0 spiro atoms. The standard InChI is InChI=1S/C66H89N13O14/c1-90-54-27-23-41(72-62(84)49(71)19-10-14-32-68)36-45(54)58(80)76-50(20-9-6-13-31-67)63(85)73-42-24-28-55(91-2)46(37-42)59(81)77-51(21-11-15-33-69)64(86)74-43-25-29-56(92-3)47(38-43)60(82)78-52(22-12-16-34-70)65(87)75-44-26-30-57(93-4)48(39-44)61(83)79-53(66(88)89)35-40-17-7-5-8-18-40/h5,7-8,17-18,23-30,36-39,49-53H,6,9-16,19-22,31-35,67-71H2,1-4H3,(H,72,84)(H,73,85)(H,74,86)(H,75,87)(H,76,80)(H,77,81)(H,78,82)(H,79,83)(H,88,89)/t49-,50-,51-,52-,53+/m0/s1. The molecule has 0 aromatic heterocycles. The number of nitrogens with two attached hydrogens (primary N) is 5. The van der Waals surface area contributed by atoms with Crippen LogP contribution < -0.4 is 90.2 Å². The molecule has 27 heteroatoms. The van der Waals surface area contributed by atoms with E-state index in [1.165, 1.54) is 95.2 Å². The Morgan fingerprint density at radius 1 is 0.376 bits per heavy atom. The number of methoxy groups -OCH3 is 4. The maximum Gasteiger partial charge on any atom is 0.326 e. The first kappa shape index (κ1) is 74.1. The van der Waals surface area contributed by atoms with Crippen molar-refractivity contribution in [2.75, 3.05) is 75.9 Å². The number of amides is 8. The lowest BCUT2D eigenvalue weighted by atomic mass is 10.0. The molecular weight excluding hydrogens is 1200 g/mol. The minimum absolute atomic E-state index is 0.00256. The number of carbonyl (C=O) groups is 9. The van der Waals surface area contributed by atoms with Gasteiger partial charge in [-0.05, 0) is 169 Å². The highest BCUT2D eigenvalue weighted by atomic mass is 16.5. The third kappa shape index (κ3) is 23.2. The van der Waals surface area contributed by atoms with Gasteiger partial charge in [-0.25, -0.2) is 4.79 Å². The Labute approximate surface area is 541 Å². The van der Waals surface area contributed by atoms with Crippen LogP contribution in [0.25, 0.3) is 0 Å². The molecule has 0 unspecified atom stereocenters. The average molecular weight is 1290 g/mol. The normalized spacial score (nSPS) is 12.5. The van der Waals surface area contributed by atoms with Crippen LogP contribution in [0.2, 0.25) is 0 Å². The van der Waals surface area contributed by atoms with Gasteiger partial charge >= 0.3 is 5.97 Å². The van der Waals surface area contributed by atoms with Crippen LogP contribution in [0.4, 0.5) is 22.7 Å². The van der Waals surface area contributed by atoms with E-state index in [0.29, 0.717) is 96.0 Å². The summed E-state index contributed by atoms with van der Waals surface area (Å²) in [5.41, 5.74) is 30.3. The molecular formula is C66H89N13O14. The summed E-state index contributed by atoms with van der Waals surface area (Å²) in [7, 11) is 5.39. The van der Waals surface area contributed by atoms with Crippen molar-refractivity contribution in [3.8, 4) is 23.0 Å². The van der Waals surface area contributed by atoms with Crippen molar-refractivity contribution in [3.63, 3.8) is 0 Å². The molecule has 0 radical (unpaired) electrons. The highest BCUT2D eigenvalue weighted by Gasteiger charge is 2.30. The van der Waals surface area contributed by atoms with Crippen LogP contribution in [-0.2, 0) is 30.4 Å². The molecule has 0 aliphatic heterocycles. The Morgan fingerprint density at radius 2 is 0.667 bits per heavy atom. The Hall–Kier alpha value is -9.67. The lowest BCUT2D eigenvalue weighted by Gasteiger charge is -2.22. The van der Waals surface area contributed by atoms with Crippen LogP contribution in [0.5, 0.6) is 23.0 Å². The summed E-state index contributed by atoms with van der Waals surface area (Å²) in [6, 6.07) is 20.5. The number of aliphatic carboxylic acids is 1. The summed E-state index contributed by atoms with van der Waals surface area (Å²) in [5, 5.41) is 31.9. The van der Waals surface area contributed by atoms with Crippen LogP contribution in [0, 0.1) is 0 Å². The fourth-order valence-electron chi connectivity index (χ4n) is 9.87. The molecule has 27 nitrogen and oxygen atoms in total. The number of carboxylic acids is 1. The zero-order valence-corrected chi connectivity index (χ0v) is 53.1. The molecule has 5 aromatic rings. The van der Waals surface area contributed by atoms with Gasteiger partial charge in [0.1, 0.15) is 47.2 Å². The van der Waals surface area contributed by atoms with Crippen molar-refractivity contribution >= 4 is 76.0 Å². The van der Waals surface area contributed by atoms with Crippen molar-refractivity contribution in [3.05, 3.63) is 131 Å². The fraction of sp³-hybridized carbons (Fsp3) is 0.409. The van der Waals surface area contributed by atoms with E-state index in [0.717, 1.165) is 0 Å². The van der Waals surface area contributed by atoms with Crippen LogP contribution >= 0.6 is 0 Å². The highest BCUT2D eigenvalue weighted by Crippen LogP contribution is 2.29. The topological polar surface area (TPSA) is 437 Å². The molecule has 0 fully saturated rings. The zero-order chi connectivity index (χ0) is 67.8. The van der Waals surface area contributed by atoms with Crippen molar-refractivity contribution in [2.24, 2.45) is 28.7 Å². The number of unbranched alkanes of at least 4 members (excludes halogenated alkanes) is 5. The Balaban J connectivity index is 1.33. The number of nitrogens with one attached hydrogen (secondary N) is 8. The summed E-state index contributed by atoms with van der Waals surface area (Å²) >= 11 is 0. The molecule has 5 atom stereocenters. The van der Waals surface area contributed by atoms with E-state index in [4.69, 9.17) is 47.6 Å². The number of hydrogen-bond acceptors (Lipinski definition) is 18. The zero-order valence-electron chi connectivity index (χ0n) is 53.1. The number of anilines is 4. The van der Waals surface area contributed by atoms with Crippen LogP contribution in [-0.4, -0.2) is 143 Å². The largest absolute Gasteiger partial charge is 0.496 e. The fourth-order valence-corrected chi connectivity index (χ4v) is 9.87. The smallest absolute Gasteiger partial charge is 0.326 e. The van der Waals surface area contributed by atoms with E-state index in [1.807, 2.05) is 0 Å². The second-order valence-electron chi connectivity index (χ2n) is 21.8. The number of carbonyl (C=O) groups excluding carboxylic acids is 8. The van der Waals surface area contributed by atoms with Gasteiger partial charge in [-0.3, -0.25) is 38.4 Å². The molecule has 0 aliphatic rings. The third-order valence-electron chi connectivity index (χ3n) is 15.0. The predicted octanol–water partition coefficient (Wildman–Crippen LogP) is 4.53. The number of benzene rings is 5. The number of carboxylic acid groups (broad SMARTS) is 1. The molecule has 5 rings (SSSR count). The van der Waals surface area contributed by atoms with E-state index in [9.17, 15) is 48.3 Å². The monoisotopic (exact) mass is 1290 g/mol. The molecule has 0 saturated heterocycles. The van der Waals surface area contributed by atoms with E-state index in [1.54, 1.807) is 36.4 Å². The quantitative estimate of drug-likeness (QED) is 0.0240. The van der Waals surface area contributed by atoms with Crippen molar-refractivity contribution in [2.45, 2.75) is 120 Å². The van der Waals surface area contributed by atoms with Gasteiger partial charge < -0.3 is 95.3 Å². The summed E-state index contributed by atoms with van der Waals surface area (Å²) < 4.78 is 22.0. The molecule has 0 heterocycles. The van der Waals surface area contributed by atoms with Crippen molar-refractivity contribution < 1.29 is 67.2 Å². The van der Waals surface area contributed by atoms with Crippen molar-refractivity contribution in [1.29, 1.82) is 0 Å². The SMILES string of the molecule is COc1ccc(NC(=O)[C@H](CCCCN)NC(=O)c2cc(NC(=O)[C@H](CCCCCN)NC(=O)c3cc(NC(=O)[C@@H](N)CCCCN)ccc3OC)ccc2OC)cc1C(=O)N[C@@H](CCCCN)C(=O)Nc1ccc(OC)c(C(=O)N[C@H](Cc2ccccc2)C(=O)O)c1. The first-order valence-corrected chi connectivity index (χ1v) is 30.8. The van der Waals surface area contributed by atoms with E-state index < -0.39 is 83.4 Å². The van der Waals surface area contributed by atoms with Gasteiger partial charge in [0.05, 0.1) is 56.7 Å². The van der Waals surface area contributed by atoms with E-state index >= 15 is 0 Å². The maximum atomic E-state index is 14.4.